The second-order valence-electron chi connectivity index (χ2n) is 4.28. The van der Waals surface area contributed by atoms with Crippen LogP contribution < -0.4 is 11.1 Å². The van der Waals surface area contributed by atoms with E-state index in [1.165, 1.54) is 12.7 Å². The Morgan fingerprint density at radius 2 is 2.31 bits per heavy atom. The fourth-order valence-corrected chi connectivity index (χ4v) is 2.21. The van der Waals surface area contributed by atoms with Gasteiger partial charge in [0.2, 0.25) is 0 Å². The Bertz CT molecular complexity index is 519. The van der Waals surface area contributed by atoms with E-state index in [4.69, 9.17) is 5.73 Å². The highest BCUT2D eigenvalue weighted by atomic mass is 15.1. The number of nitrogens with two attached hydrogens (primary N) is 1. The molecule has 16 heavy (non-hydrogen) atoms. The lowest BCUT2D eigenvalue weighted by Gasteiger charge is -2.11. The van der Waals surface area contributed by atoms with Crippen LogP contribution in [0, 0.1) is 5.92 Å². The van der Waals surface area contributed by atoms with Crippen molar-refractivity contribution in [2.45, 2.75) is 19.4 Å². The SMILES string of the molecule is CC1CCNC1c1nc2ncnc(N)c2[nH]1. The molecule has 0 radical (unpaired) electrons. The number of H-pyrrole nitrogens is 1. The standard InChI is InChI=1S/C10H14N6/c1-5-2-3-12-6(5)10-15-7-8(11)13-4-14-9(7)16-10/h4-6,12H,2-3H2,1H3,(H3,11,13,14,15,16). The van der Waals surface area contributed by atoms with Crippen molar-refractivity contribution in [2.24, 2.45) is 5.92 Å². The van der Waals surface area contributed by atoms with Gasteiger partial charge >= 0.3 is 0 Å². The summed E-state index contributed by atoms with van der Waals surface area (Å²) in [6, 6.07) is 0.272. The average Bonchev–Trinajstić information content (AvgIpc) is 2.84. The molecule has 6 nitrogen and oxygen atoms in total. The van der Waals surface area contributed by atoms with Gasteiger partial charge in [-0.25, -0.2) is 15.0 Å². The van der Waals surface area contributed by atoms with Crippen LogP contribution in [0.2, 0.25) is 0 Å². The lowest BCUT2D eigenvalue weighted by Crippen LogP contribution is -2.17. The summed E-state index contributed by atoms with van der Waals surface area (Å²) >= 11 is 0. The van der Waals surface area contributed by atoms with Gasteiger partial charge in [-0.2, -0.15) is 0 Å². The first-order chi connectivity index (χ1) is 7.75. The molecule has 0 amide bonds. The first-order valence-corrected chi connectivity index (χ1v) is 5.45. The topological polar surface area (TPSA) is 92.5 Å². The molecule has 84 valence electrons. The highest BCUT2D eigenvalue weighted by molar-refractivity contribution is 5.81. The number of aromatic amines is 1. The van der Waals surface area contributed by atoms with Gasteiger partial charge in [-0.15, -0.1) is 0 Å². The van der Waals surface area contributed by atoms with Crippen molar-refractivity contribution < 1.29 is 0 Å². The first-order valence-electron chi connectivity index (χ1n) is 5.45. The maximum Gasteiger partial charge on any atom is 0.183 e. The third kappa shape index (κ3) is 1.34. The van der Waals surface area contributed by atoms with Crippen LogP contribution in [-0.4, -0.2) is 26.5 Å². The molecular formula is C10H14N6. The minimum absolute atomic E-state index is 0.272. The minimum atomic E-state index is 0.272. The second-order valence-corrected chi connectivity index (χ2v) is 4.28. The molecule has 1 aliphatic rings. The van der Waals surface area contributed by atoms with Crippen molar-refractivity contribution in [1.29, 1.82) is 0 Å². The Labute approximate surface area is 92.7 Å². The molecule has 6 heteroatoms. The van der Waals surface area contributed by atoms with E-state index in [0.29, 0.717) is 17.4 Å². The lowest BCUT2D eigenvalue weighted by molar-refractivity contribution is 0.484. The van der Waals surface area contributed by atoms with Crippen LogP contribution in [0.5, 0.6) is 0 Å². The fraction of sp³-hybridized carbons (Fsp3) is 0.500. The van der Waals surface area contributed by atoms with Gasteiger partial charge in [0.1, 0.15) is 17.7 Å². The molecule has 2 atom stereocenters. The van der Waals surface area contributed by atoms with Crippen molar-refractivity contribution in [3.8, 4) is 0 Å². The zero-order valence-corrected chi connectivity index (χ0v) is 9.07. The molecule has 0 aliphatic carbocycles. The zero-order valence-electron chi connectivity index (χ0n) is 9.07. The van der Waals surface area contributed by atoms with E-state index in [9.17, 15) is 0 Å². The van der Waals surface area contributed by atoms with Crippen LogP contribution in [0.4, 0.5) is 5.82 Å². The highest BCUT2D eigenvalue weighted by Gasteiger charge is 2.27. The second kappa shape index (κ2) is 3.41. The molecule has 0 spiro atoms. The van der Waals surface area contributed by atoms with Crippen LogP contribution in [0.15, 0.2) is 6.33 Å². The number of rotatable bonds is 1. The number of hydrogen-bond donors (Lipinski definition) is 3. The van der Waals surface area contributed by atoms with E-state index in [-0.39, 0.29) is 6.04 Å². The quantitative estimate of drug-likeness (QED) is 0.652. The number of imidazole rings is 1. The molecule has 2 aromatic heterocycles. The molecule has 0 saturated carbocycles. The van der Waals surface area contributed by atoms with Crippen LogP contribution >= 0.6 is 0 Å². The van der Waals surface area contributed by atoms with Crippen molar-refractivity contribution in [3.05, 3.63) is 12.2 Å². The molecule has 3 rings (SSSR count). The van der Waals surface area contributed by atoms with E-state index in [2.05, 4.69) is 32.2 Å². The summed E-state index contributed by atoms with van der Waals surface area (Å²) in [7, 11) is 0. The van der Waals surface area contributed by atoms with E-state index < -0.39 is 0 Å². The van der Waals surface area contributed by atoms with Crippen molar-refractivity contribution in [2.75, 3.05) is 12.3 Å². The fourth-order valence-electron chi connectivity index (χ4n) is 2.21. The lowest BCUT2D eigenvalue weighted by atomic mass is 10.0. The molecule has 1 aliphatic heterocycles. The number of aromatic nitrogens is 4. The van der Waals surface area contributed by atoms with E-state index in [0.717, 1.165) is 17.9 Å². The monoisotopic (exact) mass is 218 g/mol. The molecule has 3 heterocycles. The zero-order chi connectivity index (χ0) is 11.1. The minimum Gasteiger partial charge on any atom is -0.382 e. The number of nitrogens with one attached hydrogen (secondary N) is 2. The molecule has 2 unspecified atom stereocenters. The van der Waals surface area contributed by atoms with Gasteiger partial charge in [0.25, 0.3) is 0 Å². The largest absolute Gasteiger partial charge is 0.382 e. The molecule has 0 bridgehead atoms. The molecule has 0 aromatic carbocycles. The van der Waals surface area contributed by atoms with E-state index in [1.54, 1.807) is 0 Å². The van der Waals surface area contributed by atoms with E-state index in [1.807, 2.05) is 0 Å². The third-order valence-corrected chi connectivity index (χ3v) is 3.16. The summed E-state index contributed by atoms with van der Waals surface area (Å²) < 4.78 is 0. The molecule has 1 saturated heterocycles. The summed E-state index contributed by atoms with van der Waals surface area (Å²) in [5.74, 6) is 1.94. The van der Waals surface area contributed by atoms with Gasteiger partial charge in [0.15, 0.2) is 11.5 Å². The number of nitrogens with zero attached hydrogens (tertiary/aromatic N) is 3. The Morgan fingerprint density at radius 1 is 1.44 bits per heavy atom. The van der Waals surface area contributed by atoms with Gasteiger partial charge in [0.05, 0.1) is 6.04 Å². The van der Waals surface area contributed by atoms with Crippen LogP contribution in [0.3, 0.4) is 0 Å². The first kappa shape index (κ1) is 9.53. The number of hydrogen-bond acceptors (Lipinski definition) is 5. The van der Waals surface area contributed by atoms with Crippen LogP contribution in [0.25, 0.3) is 11.2 Å². The van der Waals surface area contributed by atoms with Crippen molar-refractivity contribution in [1.82, 2.24) is 25.3 Å². The van der Waals surface area contributed by atoms with Gasteiger partial charge in [-0.05, 0) is 18.9 Å². The number of fused-ring (bicyclic) bond motifs is 1. The van der Waals surface area contributed by atoms with Gasteiger partial charge in [-0.3, -0.25) is 0 Å². The Hall–Kier alpha value is -1.69. The molecule has 1 fully saturated rings. The Kier molecular flexibility index (Phi) is 2.03. The maximum atomic E-state index is 5.76. The number of anilines is 1. The number of nitrogen functional groups attached to an aromatic ring is 1. The van der Waals surface area contributed by atoms with Crippen molar-refractivity contribution >= 4 is 17.0 Å². The van der Waals surface area contributed by atoms with Crippen molar-refractivity contribution in [3.63, 3.8) is 0 Å². The normalized spacial score (nSPS) is 25.3. The molecule has 2 aromatic rings. The third-order valence-electron chi connectivity index (χ3n) is 3.16. The van der Waals surface area contributed by atoms with Gasteiger partial charge in [0, 0.05) is 0 Å². The Morgan fingerprint density at radius 3 is 3.00 bits per heavy atom. The highest BCUT2D eigenvalue weighted by Crippen LogP contribution is 2.28. The smallest absolute Gasteiger partial charge is 0.183 e. The Balaban J connectivity index is 2.08. The predicted octanol–water partition coefficient (Wildman–Crippen LogP) is 0.606. The summed E-state index contributed by atoms with van der Waals surface area (Å²) in [6.45, 7) is 3.25. The molecule has 4 N–H and O–H groups in total. The van der Waals surface area contributed by atoms with E-state index >= 15 is 0 Å². The predicted molar refractivity (Wildman–Crippen MR) is 60.6 cm³/mol. The van der Waals surface area contributed by atoms with Gasteiger partial charge in [-0.1, -0.05) is 6.92 Å². The van der Waals surface area contributed by atoms with Crippen LogP contribution in [0.1, 0.15) is 25.2 Å². The van der Waals surface area contributed by atoms with Gasteiger partial charge < -0.3 is 16.0 Å². The molecular weight excluding hydrogens is 204 g/mol. The average molecular weight is 218 g/mol. The summed E-state index contributed by atoms with van der Waals surface area (Å²) in [5.41, 5.74) is 7.14. The summed E-state index contributed by atoms with van der Waals surface area (Å²) in [5, 5.41) is 3.42. The summed E-state index contributed by atoms with van der Waals surface area (Å²) in [4.78, 5) is 15.7. The van der Waals surface area contributed by atoms with Crippen LogP contribution in [-0.2, 0) is 0 Å². The summed E-state index contributed by atoms with van der Waals surface area (Å²) in [6.07, 6.45) is 2.61. The maximum absolute atomic E-state index is 5.76.